The Kier molecular flexibility index (Phi) is 3.72. The first-order valence-corrected chi connectivity index (χ1v) is 5.83. The van der Waals surface area contributed by atoms with Crippen molar-refractivity contribution in [3.63, 3.8) is 0 Å². The van der Waals surface area contributed by atoms with Crippen molar-refractivity contribution in [1.82, 2.24) is 15.3 Å². The van der Waals surface area contributed by atoms with Crippen LogP contribution in [-0.2, 0) is 11.3 Å². The number of aromatic nitrogens is 2. The van der Waals surface area contributed by atoms with E-state index in [0.717, 1.165) is 22.4 Å². The van der Waals surface area contributed by atoms with Gasteiger partial charge in [-0.3, -0.25) is 0 Å². The van der Waals surface area contributed by atoms with Crippen molar-refractivity contribution >= 4 is 17.1 Å². The van der Waals surface area contributed by atoms with Crippen LogP contribution in [0.25, 0.3) is 11.0 Å². The number of nitrogens with zero attached hydrogens (tertiary/aromatic N) is 2. The Morgan fingerprint density at radius 2 is 1.94 bits per heavy atom. The second-order valence-electron chi connectivity index (χ2n) is 3.82. The number of hydrogen-bond donors (Lipinski definition) is 1. The molecular formula is C13H15N3O2. The molecule has 18 heavy (non-hydrogen) atoms. The summed E-state index contributed by atoms with van der Waals surface area (Å²) in [6.45, 7) is 4.32. The zero-order valence-corrected chi connectivity index (χ0v) is 10.4. The number of carbonyl (C=O) groups excluding carboxylic acids is 1. The van der Waals surface area contributed by atoms with Crippen LogP contribution in [0.2, 0.25) is 0 Å². The summed E-state index contributed by atoms with van der Waals surface area (Å²) in [5.41, 5.74) is 3.24. The minimum absolute atomic E-state index is 0.322. The number of alkyl carbamates (subject to hydrolysis) is 1. The first-order valence-electron chi connectivity index (χ1n) is 5.83. The average Bonchev–Trinajstić information content (AvgIpc) is 2.36. The van der Waals surface area contributed by atoms with Gasteiger partial charge in [0.15, 0.2) is 0 Å². The first-order chi connectivity index (χ1) is 8.70. The fourth-order valence-corrected chi connectivity index (χ4v) is 1.63. The lowest BCUT2D eigenvalue weighted by atomic mass is 10.2. The molecule has 1 N–H and O–H groups in total. The van der Waals surface area contributed by atoms with Crippen LogP contribution in [-0.4, -0.2) is 22.7 Å². The molecule has 1 amide bonds. The summed E-state index contributed by atoms with van der Waals surface area (Å²) in [5, 5.41) is 2.64. The van der Waals surface area contributed by atoms with Gasteiger partial charge in [-0.2, -0.15) is 0 Å². The molecular weight excluding hydrogens is 230 g/mol. The van der Waals surface area contributed by atoms with Crippen molar-refractivity contribution in [2.24, 2.45) is 0 Å². The molecule has 0 saturated carbocycles. The second-order valence-corrected chi connectivity index (χ2v) is 3.82. The highest BCUT2D eigenvalue weighted by atomic mass is 16.5. The number of hydrogen-bond acceptors (Lipinski definition) is 4. The standard InChI is InChI=1S/C13H15N3O2/c1-3-18-13(17)14-8-12-9(2)15-10-6-4-5-7-11(10)16-12/h4-7H,3,8H2,1-2H3,(H,14,17). The van der Waals surface area contributed by atoms with Crippen LogP contribution in [0.5, 0.6) is 0 Å². The minimum atomic E-state index is -0.438. The SMILES string of the molecule is CCOC(=O)NCc1nc2ccccc2nc1C. The molecule has 0 bridgehead atoms. The highest BCUT2D eigenvalue weighted by Gasteiger charge is 2.07. The normalized spacial score (nSPS) is 10.3. The molecule has 0 aliphatic carbocycles. The highest BCUT2D eigenvalue weighted by Crippen LogP contribution is 2.11. The number of carbonyl (C=O) groups is 1. The lowest BCUT2D eigenvalue weighted by molar-refractivity contribution is 0.151. The Morgan fingerprint density at radius 1 is 1.28 bits per heavy atom. The summed E-state index contributed by atoms with van der Waals surface area (Å²) in [6.07, 6.45) is -0.438. The fourth-order valence-electron chi connectivity index (χ4n) is 1.63. The van der Waals surface area contributed by atoms with Crippen LogP contribution < -0.4 is 5.32 Å². The van der Waals surface area contributed by atoms with E-state index in [9.17, 15) is 4.79 Å². The number of aryl methyl sites for hydroxylation is 1. The molecule has 0 fully saturated rings. The van der Waals surface area contributed by atoms with Gasteiger partial charge in [0.05, 0.1) is 35.6 Å². The van der Waals surface area contributed by atoms with Crippen LogP contribution in [0.4, 0.5) is 4.79 Å². The Labute approximate surface area is 105 Å². The molecule has 0 aliphatic heterocycles. The molecule has 0 spiro atoms. The van der Waals surface area contributed by atoms with E-state index in [1.54, 1.807) is 6.92 Å². The van der Waals surface area contributed by atoms with Gasteiger partial charge in [0.1, 0.15) is 0 Å². The first kappa shape index (κ1) is 12.3. The zero-order chi connectivity index (χ0) is 13.0. The average molecular weight is 245 g/mol. The number of para-hydroxylation sites is 2. The molecule has 5 nitrogen and oxygen atoms in total. The van der Waals surface area contributed by atoms with Gasteiger partial charge in [-0.15, -0.1) is 0 Å². The van der Waals surface area contributed by atoms with Crippen LogP contribution >= 0.6 is 0 Å². The number of amides is 1. The minimum Gasteiger partial charge on any atom is -0.450 e. The molecule has 1 aromatic heterocycles. The van der Waals surface area contributed by atoms with Crippen molar-refractivity contribution in [2.45, 2.75) is 20.4 Å². The second kappa shape index (κ2) is 5.44. The van der Waals surface area contributed by atoms with Crippen LogP contribution in [0.3, 0.4) is 0 Å². The smallest absolute Gasteiger partial charge is 0.407 e. The Morgan fingerprint density at radius 3 is 2.61 bits per heavy atom. The molecule has 2 rings (SSSR count). The van der Waals surface area contributed by atoms with E-state index in [-0.39, 0.29) is 0 Å². The van der Waals surface area contributed by atoms with Gasteiger partial charge >= 0.3 is 6.09 Å². The lowest BCUT2D eigenvalue weighted by Crippen LogP contribution is -2.24. The molecule has 1 aromatic carbocycles. The molecule has 5 heteroatoms. The van der Waals surface area contributed by atoms with Crippen LogP contribution in [0, 0.1) is 6.92 Å². The summed E-state index contributed by atoms with van der Waals surface area (Å²) >= 11 is 0. The highest BCUT2D eigenvalue weighted by molar-refractivity contribution is 5.74. The number of rotatable bonds is 3. The number of nitrogens with one attached hydrogen (secondary N) is 1. The van der Waals surface area contributed by atoms with E-state index in [1.807, 2.05) is 31.2 Å². The van der Waals surface area contributed by atoms with Crippen molar-refractivity contribution in [3.05, 3.63) is 35.7 Å². The van der Waals surface area contributed by atoms with Gasteiger partial charge < -0.3 is 10.1 Å². The maximum absolute atomic E-state index is 11.2. The van der Waals surface area contributed by atoms with E-state index in [1.165, 1.54) is 0 Å². The van der Waals surface area contributed by atoms with Gasteiger partial charge in [-0.1, -0.05) is 12.1 Å². The van der Waals surface area contributed by atoms with E-state index in [2.05, 4.69) is 15.3 Å². The molecule has 1 heterocycles. The number of ether oxygens (including phenoxy) is 1. The summed E-state index contributed by atoms with van der Waals surface area (Å²) < 4.78 is 4.79. The van der Waals surface area contributed by atoms with Crippen molar-refractivity contribution in [2.75, 3.05) is 6.61 Å². The number of benzene rings is 1. The number of fused-ring (bicyclic) bond motifs is 1. The topological polar surface area (TPSA) is 64.1 Å². The molecule has 94 valence electrons. The zero-order valence-electron chi connectivity index (χ0n) is 10.4. The summed E-state index contributed by atoms with van der Waals surface area (Å²) in [5.74, 6) is 0. The molecule has 0 aliphatic rings. The fraction of sp³-hybridized carbons (Fsp3) is 0.308. The predicted octanol–water partition coefficient (Wildman–Crippen LogP) is 2.18. The van der Waals surface area contributed by atoms with Gasteiger partial charge in [0.2, 0.25) is 0 Å². The molecule has 0 atom stereocenters. The van der Waals surface area contributed by atoms with Gasteiger partial charge in [-0.05, 0) is 26.0 Å². The third-order valence-electron chi connectivity index (χ3n) is 2.52. The largest absolute Gasteiger partial charge is 0.450 e. The van der Waals surface area contributed by atoms with Gasteiger partial charge in [0, 0.05) is 0 Å². The third-order valence-corrected chi connectivity index (χ3v) is 2.52. The van der Waals surface area contributed by atoms with Crippen LogP contribution in [0.15, 0.2) is 24.3 Å². The van der Waals surface area contributed by atoms with E-state index in [0.29, 0.717) is 13.2 Å². The van der Waals surface area contributed by atoms with Gasteiger partial charge in [0.25, 0.3) is 0 Å². The van der Waals surface area contributed by atoms with Crippen molar-refractivity contribution < 1.29 is 9.53 Å². The van der Waals surface area contributed by atoms with E-state index < -0.39 is 6.09 Å². The Balaban J connectivity index is 2.17. The lowest BCUT2D eigenvalue weighted by Gasteiger charge is -2.08. The Bertz CT molecular complexity index is 569. The van der Waals surface area contributed by atoms with E-state index >= 15 is 0 Å². The van der Waals surface area contributed by atoms with Crippen molar-refractivity contribution in [3.8, 4) is 0 Å². The maximum Gasteiger partial charge on any atom is 0.407 e. The molecule has 0 saturated heterocycles. The summed E-state index contributed by atoms with van der Waals surface area (Å²) in [6, 6.07) is 7.65. The van der Waals surface area contributed by atoms with Crippen molar-refractivity contribution in [1.29, 1.82) is 0 Å². The summed E-state index contributed by atoms with van der Waals surface area (Å²) in [4.78, 5) is 20.1. The predicted molar refractivity (Wildman–Crippen MR) is 68.1 cm³/mol. The summed E-state index contributed by atoms with van der Waals surface area (Å²) in [7, 11) is 0. The Hall–Kier alpha value is -2.17. The third kappa shape index (κ3) is 2.74. The monoisotopic (exact) mass is 245 g/mol. The molecule has 0 radical (unpaired) electrons. The van der Waals surface area contributed by atoms with E-state index in [4.69, 9.17) is 4.74 Å². The molecule has 2 aromatic rings. The van der Waals surface area contributed by atoms with Gasteiger partial charge in [-0.25, -0.2) is 14.8 Å². The quantitative estimate of drug-likeness (QED) is 0.900. The maximum atomic E-state index is 11.2. The van der Waals surface area contributed by atoms with Crippen LogP contribution in [0.1, 0.15) is 18.3 Å². The molecule has 0 unspecified atom stereocenters.